The summed E-state index contributed by atoms with van der Waals surface area (Å²) in [5, 5.41) is 3.57. The lowest BCUT2D eigenvalue weighted by atomic mass is 10.2. The number of pyridine rings is 1. The Hall–Kier alpha value is -2.95. The Morgan fingerprint density at radius 3 is 2.57 bits per heavy atom. The molecular formula is C16H12FN3O. The summed E-state index contributed by atoms with van der Waals surface area (Å²) in [6.45, 7) is 0. The molecule has 0 radical (unpaired) electrons. The van der Waals surface area contributed by atoms with Gasteiger partial charge in [-0.05, 0) is 42.5 Å². The molecule has 0 spiro atoms. The van der Waals surface area contributed by atoms with Crippen LogP contribution in [0.3, 0.4) is 0 Å². The molecule has 3 aromatic rings. The molecule has 2 aromatic carbocycles. The van der Waals surface area contributed by atoms with E-state index in [0.29, 0.717) is 22.6 Å². The number of rotatable bonds is 2. The summed E-state index contributed by atoms with van der Waals surface area (Å²) in [6.07, 6.45) is 0. The number of nitrogen functional groups attached to an aromatic ring is 1. The van der Waals surface area contributed by atoms with E-state index in [2.05, 4.69) is 10.3 Å². The van der Waals surface area contributed by atoms with E-state index in [1.54, 1.807) is 12.1 Å². The Bertz CT molecular complexity index is 815. The fraction of sp³-hybridized carbons (Fsp3) is 0. The Morgan fingerprint density at radius 2 is 1.81 bits per heavy atom. The Labute approximate surface area is 120 Å². The third-order valence-electron chi connectivity index (χ3n) is 3.10. The summed E-state index contributed by atoms with van der Waals surface area (Å²) in [7, 11) is 0. The molecule has 0 unspecified atom stereocenters. The van der Waals surface area contributed by atoms with Crippen LogP contribution < -0.4 is 11.1 Å². The molecule has 0 saturated carbocycles. The second-order valence-electron chi connectivity index (χ2n) is 4.58. The van der Waals surface area contributed by atoms with Crippen molar-refractivity contribution in [3.63, 3.8) is 0 Å². The molecule has 1 aromatic heterocycles. The average molecular weight is 281 g/mol. The summed E-state index contributed by atoms with van der Waals surface area (Å²) in [5.41, 5.74) is 7.41. The first-order valence-electron chi connectivity index (χ1n) is 6.36. The van der Waals surface area contributed by atoms with E-state index in [-0.39, 0.29) is 11.7 Å². The minimum absolute atomic E-state index is 0.351. The lowest BCUT2D eigenvalue weighted by molar-refractivity contribution is 0.102. The molecule has 3 rings (SSSR count). The van der Waals surface area contributed by atoms with Crippen LogP contribution in [-0.4, -0.2) is 10.9 Å². The van der Waals surface area contributed by atoms with Gasteiger partial charge < -0.3 is 11.1 Å². The molecule has 1 heterocycles. The fourth-order valence-electron chi connectivity index (χ4n) is 2.03. The number of halogens is 1. The lowest BCUT2D eigenvalue weighted by Gasteiger charge is -2.07. The van der Waals surface area contributed by atoms with E-state index in [1.807, 2.05) is 18.2 Å². The quantitative estimate of drug-likeness (QED) is 0.709. The molecule has 0 aliphatic heterocycles. The molecule has 0 aliphatic rings. The topological polar surface area (TPSA) is 68.0 Å². The molecule has 3 N–H and O–H groups in total. The molecule has 104 valence electrons. The van der Waals surface area contributed by atoms with Gasteiger partial charge >= 0.3 is 0 Å². The van der Waals surface area contributed by atoms with Crippen LogP contribution in [0.4, 0.5) is 15.9 Å². The maximum Gasteiger partial charge on any atom is 0.256 e. The van der Waals surface area contributed by atoms with Gasteiger partial charge in [-0.15, -0.1) is 0 Å². The number of carbonyl (C=O) groups is 1. The first-order valence-corrected chi connectivity index (χ1v) is 6.36. The van der Waals surface area contributed by atoms with Gasteiger partial charge in [0, 0.05) is 10.9 Å². The smallest absolute Gasteiger partial charge is 0.256 e. The number of hydrogen-bond acceptors (Lipinski definition) is 3. The van der Waals surface area contributed by atoms with E-state index < -0.39 is 0 Å². The molecule has 1 amide bonds. The largest absolute Gasteiger partial charge is 0.397 e. The molecule has 21 heavy (non-hydrogen) atoms. The number of fused-ring (bicyclic) bond motifs is 1. The van der Waals surface area contributed by atoms with Crippen molar-refractivity contribution in [2.45, 2.75) is 0 Å². The molecule has 5 heteroatoms. The number of nitrogens with two attached hydrogens (primary N) is 1. The number of nitrogens with zero attached hydrogens (tertiary/aromatic N) is 1. The zero-order valence-corrected chi connectivity index (χ0v) is 11.0. The highest BCUT2D eigenvalue weighted by atomic mass is 19.1. The highest BCUT2D eigenvalue weighted by Crippen LogP contribution is 2.21. The van der Waals surface area contributed by atoms with Crippen molar-refractivity contribution < 1.29 is 9.18 Å². The number of amides is 1. The van der Waals surface area contributed by atoms with E-state index in [1.165, 1.54) is 24.3 Å². The van der Waals surface area contributed by atoms with Gasteiger partial charge in [-0.2, -0.15) is 0 Å². The van der Waals surface area contributed by atoms with E-state index in [4.69, 9.17) is 5.73 Å². The van der Waals surface area contributed by atoms with Crippen LogP contribution in [0.25, 0.3) is 10.9 Å². The highest BCUT2D eigenvalue weighted by Gasteiger charge is 2.08. The number of benzene rings is 2. The Morgan fingerprint density at radius 1 is 1.05 bits per heavy atom. The van der Waals surface area contributed by atoms with E-state index >= 15 is 0 Å². The van der Waals surface area contributed by atoms with Crippen molar-refractivity contribution in [1.82, 2.24) is 4.98 Å². The third-order valence-corrected chi connectivity index (χ3v) is 3.10. The summed E-state index contributed by atoms with van der Waals surface area (Å²) in [6, 6.07) is 14.3. The monoisotopic (exact) mass is 281 g/mol. The van der Waals surface area contributed by atoms with Crippen LogP contribution in [0.15, 0.2) is 54.6 Å². The van der Waals surface area contributed by atoms with Crippen molar-refractivity contribution >= 4 is 28.3 Å². The number of carbonyl (C=O) groups excluding carboxylic acids is 1. The van der Waals surface area contributed by atoms with Gasteiger partial charge in [-0.25, -0.2) is 9.37 Å². The van der Waals surface area contributed by atoms with Crippen LogP contribution in [-0.2, 0) is 0 Å². The van der Waals surface area contributed by atoms with Gasteiger partial charge in [0.25, 0.3) is 5.91 Å². The summed E-state index contributed by atoms with van der Waals surface area (Å²) in [5.74, 6) is -0.339. The van der Waals surface area contributed by atoms with E-state index in [0.717, 1.165) is 5.39 Å². The standard InChI is InChI=1S/C16H12FN3O/c17-12-7-4-11(5-8-12)16(21)20-14-9-6-10-2-1-3-13(18)15(10)19-14/h1-9H,18H2,(H,19,20,21). The second-order valence-corrected chi connectivity index (χ2v) is 4.58. The van der Waals surface area contributed by atoms with Crippen molar-refractivity contribution in [2.75, 3.05) is 11.1 Å². The number of hydrogen-bond donors (Lipinski definition) is 2. The first kappa shape index (κ1) is 13.1. The van der Waals surface area contributed by atoms with Gasteiger partial charge in [-0.1, -0.05) is 12.1 Å². The van der Waals surface area contributed by atoms with Crippen molar-refractivity contribution in [2.24, 2.45) is 0 Å². The minimum atomic E-state index is -0.386. The van der Waals surface area contributed by atoms with Crippen molar-refractivity contribution in [3.05, 3.63) is 66.0 Å². The number of para-hydroxylation sites is 1. The van der Waals surface area contributed by atoms with Crippen LogP contribution in [0.2, 0.25) is 0 Å². The summed E-state index contributed by atoms with van der Waals surface area (Å²) in [4.78, 5) is 16.4. The molecule has 0 bridgehead atoms. The number of anilines is 2. The molecular weight excluding hydrogens is 269 g/mol. The first-order chi connectivity index (χ1) is 10.1. The molecule has 0 saturated heterocycles. The Balaban J connectivity index is 1.89. The van der Waals surface area contributed by atoms with E-state index in [9.17, 15) is 9.18 Å². The molecule has 0 atom stereocenters. The van der Waals surface area contributed by atoms with Crippen LogP contribution in [0.5, 0.6) is 0 Å². The maximum atomic E-state index is 12.8. The normalized spacial score (nSPS) is 10.5. The zero-order valence-electron chi connectivity index (χ0n) is 11.0. The van der Waals surface area contributed by atoms with Crippen LogP contribution in [0.1, 0.15) is 10.4 Å². The summed E-state index contributed by atoms with van der Waals surface area (Å²) >= 11 is 0. The molecule has 4 nitrogen and oxygen atoms in total. The fourth-order valence-corrected chi connectivity index (χ4v) is 2.03. The minimum Gasteiger partial charge on any atom is -0.397 e. The summed E-state index contributed by atoms with van der Waals surface area (Å²) < 4.78 is 12.8. The molecule has 0 fully saturated rings. The van der Waals surface area contributed by atoms with Gasteiger partial charge in [0.1, 0.15) is 11.6 Å². The average Bonchev–Trinajstić information content (AvgIpc) is 2.49. The third kappa shape index (κ3) is 2.67. The van der Waals surface area contributed by atoms with Crippen molar-refractivity contribution in [3.8, 4) is 0 Å². The number of nitrogens with one attached hydrogen (secondary N) is 1. The number of aromatic nitrogens is 1. The highest BCUT2D eigenvalue weighted by molar-refractivity contribution is 6.04. The zero-order chi connectivity index (χ0) is 14.8. The van der Waals surface area contributed by atoms with Crippen LogP contribution in [0, 0.1) is 5.82 Å². The van der Waals surface area contributed by atoms with Crippen LogP contribution >= 0.6 is 0 Å². The van der Waals surface area contributed by atoms with Gasteiger partial charge in [0.15, 0.2) is 0 Å². The van der Waals surface area contributed by atoms with Crippen molar-refractivity contribution in [1.29, 1.82) is 0 Å². The predicted octanol–water partition coefficient (Wildman–Crippen LogP) is 3.21. The Kier molecular flexibility index (Phi) is 3.23. The van der Waals surface area contributed by atoms with Gasteiger partial charge in [0.05, 0.1) is 11.2 Å². The van der Waals surface area contributed by atoms with Gasteiger partial charge in [0.2, 0.25) is 0 Å². The SMILES string of the molecule is Nc1cccc2ccc(NC(=O)c3ccc(F)cc3)nc12. The lowest BCUT2D eigenvalue weighted by Crippen LogP contribution is -2.13. The predicted molar refractivity (Wildman–Crippen MR) is 80.5 cm³/mol. The van der Waals surface area contributed by atoms with Gasteiger partial charge in [-0.3, -0.25) is 4.79 Å². The molecule has 0 aliphatic carbocycles. The second kappa shape index (κ2) is 5.20. The maximum absolute atomic E-state index is 12.8.